The number of amides is 1. The Balaban J connectivity index is 2.01. The van der Waals surface area contributed by atoms with Crippen LogP contribution >= 0.6 is 0 Å². The average molecular weight is 250 g/mol. The van der Waals surface area contributed by atoms with E-state index in [-0.39, 0.29) is 16.9 Å². The van der Waals surface area contributed by atoms with Crippen molar-refractivity contribution in [1.29, 1.82) is 0 Å². The van der Waals surface area contributed by atoms with Crippen molar-refractivity contribution in [3.8, 4) is 0 Å². The number of anilines is 1. The highest BCUT2D eigenvalue weighted by molar-refractivity contribution is 5.99. The maximum absolute atomic E-state index is 13.1. The van der Waals surface area contributed by atoms with Crippen LogP contribution < -0.4 is 11.1 Å². The van der Waals surface area contributed by atoms with Gasteiger partial charge in [0.1, 0.15) is 5.82 Å². The molecule has 1 fully saturated rings. The number of rotatable bonds is 4. The summed E-state index contributed by atoms with van der Waals surface area (Å²) in [6.45, 7) is 2.79. The standard InChI is InChI=1S/C14H19FN2O/c1-2-14(6-3-7-14)9-17-13(18)11-8-10(15)4-5-12(11)16/h4-5,8H,2-3,6-7,9,16H2,1H3,(H,17,18). The first-order valence-electron chi connectivity index (χ1n) is 6.39. The van der Waals surface area contributed by atoms with E-state index in [2.05, 4.69) is 12.2 Å². The van der Waals surface area contributed by atoms with Gasteiger partial charge in [-0.3, -0.25) is 4.79 Å². The van der Waals surface area contributed by atoms with Crippen molar-refractivity contribution in [3.05, 3.63) is 29.6 Å². The molecule has 1 aliphatic rings. The fourth-order valence-electron chi connectivity index (χ4n) is 2.42. The minimum absolute atomic E-state index is 0.223. The molecule has 0 aliphatic heterocycles. The third kappa shape index (κ3) is 2.47. The molecule has 2 rings (SSSR count). The molecule has 1 saturated carbocycles. The molecule has 0 atom stereocenters. The molecule has 1 aromatic carbocycles. The molecule has 3 N–H and O–H groups in total. The number of carbonyl (C=O) groups excluding carboxylic acids is 1. The predicted octanol–water partition coefficient (Wildman–Crippen LogP) is 2.72. The normalized spacial score (nSPS) is 17.0. The largest absolute Gasteiger partial charge is 0.398 e. The zero-order valence-corrected chi connectivity index (χ0v) is 10.6. The Morgan fingerprint density at radius 3 is 2.78 bits per heavy atom. The van der Waals surface area contributed by atoms with Crippen LogP contribution in [0, 0.1) is 11.2 Å². The maximum atomic E-state index is 13.1. The summed E-state index contributed by atoms with van der Waals surface area (Å²) in [6.07, 6.45) is 4.60. The third-order valence-electron chi connectivity index (χ3n) is 4.05. The lowest BCUT2D eigenvalue weighted by atomic mass is 9.67. The van der Waals surface area contributed by atoms with E-state index >= 15 is 0 Å². The number of hydrogen-bond acceptors (Lipinski definition) is 2. The summed E-state index contributed by atoms with van der Waals surface area (Å²) in [6, 6.07) is 3.86. The van der Waals surface area contributed by atoms with Crippen molar-refractivity contribution in [2.24, 2.45) is 5.41 Å². The second kappa shape index (κ2) is 4.96. The molecule has 0 aromatic heterocycles. The Morgan fingerprint density at radius 2 is 2.22 bits per heavy atom. The molecular formula is C14H19FN2O. The van der Waals surface area contributed by atoms with Gasteiger partial charge >= 0.3 is 0 Å². The predicted molar refractivity (Wildman–Crippen MR) is 69.7 cm³/mol. The van der Waals surface area contributed by atoms with E-state index in [4.69, 9.17) is 5.73 Å². The van der Waals surface area contributed by atoms with Gasteiger partial charge in [-0.05, 0) is 42.9 Å². The molecule has 3 nitrogen and oxygen atoms in total. The second-order valence-corrected chi connectivity index (χ2v) is 5.12. The van der Waals surface area contributed by atoms with Crippen LogP contribution in [-0.4, -0.2) is 12.5 Å². The molecule has 0 radical (unpaired) electrons. The van der Waals surface area contributed by atoms with Gasteiger partial charge in [-0.1, -0.05) is 13.3 Å². The molecule has 1 aliphatic carbocycles. The molecular weight excluding hydrogens is 231 g/mol. The minimum Gasteiger partial charge on any atom is -0.398 e. The van der Waals surface area contributed by atoms with Crippen molar-refractivity contribution in [2.75, 3.05) is 12.3 Å². The van der Waals surface area contributed by atoms with Gasteiger partial charge in [0.15, 0.2) is 0 Å². The number of benzene rings is 1. The van der Waals surface area contributed by atoms with E-state index in [1.54, 1.807) is 0 Å². The summed E-state index contributed by atoms with van der Waals surface area (Å²) >= 11 is 0. The molecule has 0 unspecified atom stereocenters. The Hall–Kier alpha value is -1.58. The van der Waals surface area contributed by atoms with E-state index in [1.165, 1.54) is 24.6 Å². The zero-order valence-electron chi connectivity index (χ0n) is 10.6. The van der Waals surface area contributed by atoms with E-state index in [0.717, 1.165) is 19.3 Å². The quantitative estimate of drug-likeness (QED) is 0.807. The maximum Gasteiger partial charge on any atom is 0.253 e. The van der Waals surface area contributed by atoms with Gasteiger partial charge in [-0.15, -0.1) is 0 Å². The molecule has 0 spiro atoms. The van der Waals surface area contributed by atoms with Gasteiger partial charge in [0.05, 0.1) is 5.56 Å². The summed E-state index contributed by atoms with van der Waals surface area (Å²) in [5, 5.41) is 2.88. The molecule has 18 heavy (non-hydrogen) atoms. The number of carbonyl (C=O) groups is 1. The minimum atomic E-state index is -0.441. The van der Waals surface area contributed by atoms with Crippen molar-refractivity contribution >= 4 is 11.6 Å². The number of nitrogen functional groups attached to an aromatic ring is 1. The van der Waals surface area contributed by atoms with Crippen molar-refractivity contribution in [2.45, 2.75) is 32.6 Å². The lowest BCUT2D eigenvalue weighted by molar-refractivity contribution is 0.0850. The lowest BCUT2D eigenvalue weighted by Gasteiger charge is -2.41. The van der Waals surface area contributed by atoms with Crippen LogP contribution in [0.4, 0.5) is 10.1 Å². The van der Waals surface area contributed by atoms with Gasteiger partial charge in [-0.2, -0.15) is 0 Å². The molecule has 98 valence electrons. The molecule has 0 saturated heterocycles. The van der Waals surface area contributed by atoms with Crippen molar-refractivity contribution in [3.63, 3.8) is 0 Å². The van der Waals surface area contributed by atoms with Gasteiger partial charge in [-0.25, -0.2) is 4.39 Å². The number of nitrogens with two attached hydrogens (primary N) is 1. The van der Waals surface area contributed by atoms with Crippen molar-refractivity contribution in [1.82, 2.24) is 5.32 Å². The van der Waals surface area contributed by atoms with E-state index < -0.39 is 5.82 Å². The fraction of sp³-hybridized carbons (Fsp3) is 0.500. The summed E-state index contributed by atoms with van der Waals surface area (Å²) in [4.78, 5) is 12.0. The van der Waals surface area contributed by atoms with Crippen LogP contribution in [0.1, 0.15) is 43.0 Å². The monoisotopic (exact) mass is 250 g/mol. The Bertz CT molecular complexity index is 450. The first-order valence-corrected chi connectivity index (χ1v) is 6.39. The summed E-state index contributed by atoms with van der Waals surface area (Å²) in [5.41, 5.74) is 6.46. The number of hydrogen-bond donors (Lipinski definition) is 2. The summed E-state index contributed by atoms with van der Waals surface area (Å²) < 4.78 is 13.1. The van der Waals surface area contributed by atoms with Crippen LogP contribution in [-0.2, 0) is 0 Å². The van der Waals surface area contributed by atoms with Crippen LogP contribution in [0.25, 0.3) is 0 Å². The first-order chi connectivity index (χ1) is 8.56. The molecule has 4 heteroatoms. The Morgan fingerprint density at radius 1 is 1.50 bits per heavy atom. The number of nitrogens with one attached hydrogen (secondary N) is 1. The smallest absolute Gasteiger partial charge is 0.253 e. The van der Waals surface area contributed by atoms with Gasteiger partial charge in [0.25, 0.3) is 5.91 Å². The Kier molecular flexibility index (Phi) is 3.55. The topological polar surface area (TPSA) is 55.1 Å². The summed E-state index contributed by atoms with van der Waals surface area (Å²) in [5.74, 6) is -0.727. The number of halogens is 1. The SMILES string of the molecule is CCC1(CNC(=O)c2cc(F)ccc2N)CCC1. The van der Waals surface area contributed by atoms with Gasteiger partial charge in [0, 0.05) is 12.2 Å². The van der Waals surface area contributed by atoms with Crippen LogP contribution in [0.15, 0.2) is 18.2 Å². The first kappa shape index (κ1) is 12.9. The molecule has 1 amide bonds. The second-order valence-electron chi connectivity index (χ2n) is 5.12. The zero-order chi connectivity index (χ0) is 13.2. The molecule has 1 aromatic rings. The average Bonchev–Trinajstić information content (AvgIpc) is 2.31. The Labute approximate surface area is 107 Å². The van der Waals surface area contributed by atoms with Crippen LogP contribution in [0.5, 0.6) is 0 Å². The van der Waals surface area contributed by atoms with E-state index in [0.29, 0.717) is 12.2 Å². The van der Waals surface area contributed by atoms with Crippen LogP contribution in [0.3, 0.4) is 0 Å². The fourth-order valence-corrected chi connectivity index (χ4v) is 2.42. The van der Waals surface area contributed by atoms with Crippen LogP contribution in [0.2, 0.25) is 0 Å². The highest BCUT2D eigenvalue weighted by Gasteiger charge is 2.35. The van der Waals surface area contributed by atoms with Gasteiger partial charge < -0.3 is 11.1 Å². The van der Waals surface area contributed by atoms with E-state index in [9.17, 15) is 9.18 Å². The lowest BCUT2D eigenvalue weighted by Crippen LogP contribution is -2.41. The highest BCUT2D eigenvalue weighted by atomic mass is 19.1. The molecule has 0 bridgehead atoms. The van der Waals surface area contributed by atoms with Crippen molar-refractivity contribution < 1.29 is 9.18 Å². The van der Waals surface area contributed by atoms with E-state index in [1.807, 2.05) is 0 Å². The van der Waals surface area contributed by atoms with Gasteiger partial charge in [0.2, 0.25) is 0 Å². The summed E-state index contributed by atoms with van der Waals surface area (Å²) in [7, 11) is 0. The third-order valence-corrected chi connectivity index (χ3v) is 4.05. The molecule has 0 heterocycles. The highest BCUT2D eigenvalue weighted by Crippen LogP contribution is 2.43.